The van der Waals surface area contributed by atoms with Crippen molar-refractivity contribution in [2.45, 2.75) is 19.6 Å². The Kier molecular flexibility index (Phi) is 4.57. The number of hydrogen-bond acceptors (Lipinski definition) is 2. The highest BCUT2D eigenvalue weighted by molar-refractivity contribution is 6.32. The molecular weight excluding hydrogens is 284 g/mol. The lowest BCUT2D eigenvalue weighted by Gasteiger charge is -2.11. The molecule has 2 N–H and O–H groups in total. The van der Waals surface area contributed by atoms with Crippen molar-refractivity contribution in [1.29, 1.82) is 0 Å². The van der Waals surface area contributed by atoms with Crippen LogP contribution in [-0.4, -0.2) is 0 Å². The SMILES string of the molecule is C[C@H](N)c1ccc(OCc2cc(F)ccc2F)c(Cl)c1. The summed E-state index contributed by atoms with van der Waals surface area (Å²) in [6.45, 7) is 1.75. The molecule has 2 aromatic carbocycles. The zero-order valence-corrected chi connectivity index (χ0v) is 11.6. The van der Waals surface area contributed by atoms with E-state index in [1.165, 1.54) is 0 Å². The minimum atomic E-state index is -0.519. The van der Waals surface area contributed by atoms with Crippen molar-refractivity contribution >= 4 is 11.6 Å². The van der Waals surface area contributed by atoms with Crippen LogP contribution in [0.1, 0.15) is 24.1 Å². The zero-order chi connectivity index (χ0) is 14.7. The van der Waals surface area contributed by atoms with E-state index in [-0.39, 0.29) is 18.2 Å². The third kappa shape index (κ3) is 3.46. The van der Waals surface area contributed by atoms with Gasteiger partial charge in [0.2, 0.25) is 0 Å². The summed E-state index contributed by atoms with van der Waals surface area (Å²) in [5, 5.41) is 0.386. The largest absolute Gasteiger partial charge is 0.487 e. The van der Waals surface area contributed by atoms with Gasteiger partial charge in [0.25, 0.3) is 0 Å². The van der Waals surface area contributed by atoms with Crippen LogP contribution in [0, 0.1) is 11.6 Å². The van der Waals surface area contributed by atoms with E-state index in [4.69, 9.17) is 22.1 Å². The predicted octanol–water partition coefficient (Wildman–Crippen LogP) is 4.22. The lowest BCUT2D eigenvalue weighted by Crippen LogP contribution is -2.05. The number of halogens is 3. The van der Waals surface area contributed by atoms with Gasteiger partial charge in [-0.15, -0.1) is 0 Å². The first-order valence-electron chi connectivity index (χ1n) is 6.09. The standard InChI is InChI=1S/C15H14ClF2NO/c1-9(19)10-2-5-15(13(16)7-10)20-8-11-6-12(17)3-4-14(11)18/h2-7,9H,8,19H2,1H3/t9-/m0/s1. The number of nitrogens with two attached hydrogens (primary N) is 1. The molecule has 0 saturated heterocycles. The molecule has 0 bridgehead atoms. The second kappa shape index (κ2) is 6.20. The summed E-state index contributed by atoms with van der Waals surface area (Å²) in [7, 11) is 0. The maximum Gasteiger partial charge on any atom is 0.138 e. The molecule has 0 unspecified atom stereocenters. The summed E-state index contributed by atoms with van der Waals surface area (Å²) in [5.41, 5.74) is 6.75. The lowest BCUT2D eigenvalue weighted by atomic mass is 10.1. The average molecular weight is 298 g/mol. The Balaban J connectivity index is 2.13. The van der Waals surface area contributed by atoms with E-state index in [1.54, 1.807) is 18.2 Å². The summed E-state index contributed by atoms with van der Waals surface area (Å²) in [6, 6.07) is 8.23. The monoisotopic (exact) mass is 297 g/mol. The Morgan fingerprint density at radius 1 is 1.20 bits per heavy atom. The first-order chi connectivity index (χ1) is 9.47. The Hall–Kier alpha value is -1.65. The number of benzene rings is 2. The summed E-state index contributed by atoms with van der Waals surface area (Å²) in [4.78, 5) is 0. The maximum atomic E-state index is 13.4. The van der Waals surface area contributed by atoms with Crippen molar-refractivity contribution in [3.8, 4) is 5.75 Å². The van der Waals surface area contributed by atoms with Crippen molar-refractivity contribution in [1.82, 2.24) is 0 Å². The fraction of sp³-hybridized carbons (Fsp3) is 0.200. The van der Waals surface area contributed by atoms with Gasteiger partial charge in [-0.25, -0.2) is 8.78 Å². The maximum absolute atomic E-state index is 13.4. The van der Waals surface area contributed by atoms with Gasteiger partial charge in [0.15, 0.2) is 0 Å². The third-order valence-corrected chi connectivity index (χ3v) is 3.17. The molecule has 2 nitrogen and oxygen atoms in total. The average Bonchev–Trinajstić information content (AvgIpc) is 2.40. The minimum absolute atomic E-state index is 0.0964. The van der Waals surface area contributed by atoms with E-state index in [9.17, 15) is 8.78 Å². The number of ether oxygens (including phenoxy) is 1. The summed E-state index contributed by atoms with van der Waals surface area (Å²) in [5.74, 6) is -0.627. The van der Waals surface area contributed by atoms with E-state index < -0.39 is 11.6 Å². The smallest absolute Gasteiger partial charge is 0.138 e. The van der Waals surface area contributed by atoms with Gasteiger partial charge in [-0.05, 0) is 42.8 Å². The number of hydrogen-bond donors (Lipinski definition) is 1. The molecule has 106 valence electrons. The van der Waals surface area contributed by atoms with Crippen molar-refractivity contribution in [2.75, 3.05) is 0 Å². The second-order valence-corrected chi connectivity index (χ2v) is 4.91. The topological polar surface area (TPSA) is 35.2 Å². The summed E-state index contributed by atoms with van der Waals surface area (Å²) >= 11 is 6.06. The highest BCUT2D eigenvalue weighted by Gasteiger charge is 2.08. The van der Waals surface area contributed by atoms with Crippen molar-refractivity contribution < 1.29 is 13.5 Å². The molecule has 2 aromatic rings. The second-order valence-electron chi connectivity index (χ2n) is 4.50. The molecule has 0 aliphatic heterocycles. The number of rotatable bonds is 4. The van der Waals surface area contributed by atoms with Crippen molar-refractivity contribution in [3.63, 3.8) is 0 Å². The molecular formula is C15H14ClF2NO. The molecule has 0 heterocycles. The molecule has 0 aromatic heterocycles. The van der Waals surface area contributed by atoms with E-state index in [0.29, 0.717) is 10.8 Å². The van der Waals surface area contributed by atoms with E-state index in [0.717, 1.165) is 23.8 Å². The molecule has 1 atom stereocenters. The summed E-state index contributed by atoms with van der Waals surface area (Å²) in [6.07, 6.45) is 0. The highest BCUT2D eigenvalue weighted by Crippen LogP contribution is 2.28. The molecule has 2 rings (SSSR count). The van der Waals surface area contributed by atoms with Gasteiger partial charge < -0.3 is 10.5 Å². The first kappa shape index (κ1) is 14.8. The molecule has 0 saturated carbocycles. The van der Waals surface area contributed by atoms with Crippen molar-refractivity contribution in [2.24, 2.45) is 5.73 Å². The molecule has 0 fully saturated rings. The van der Waals surface area contributed by atoms with Gasteiger partial charge in [-0.2, -0.15) is 0 Å². The van der Waals surface area contributed by atoms with Crippen LogP contribution in [0.15, 0.2) is 36.4 Å². The quantitative estimate of drug-likeness (QED) is 0.917. The Morgan fingerprint density at radius 2 is 1.95 bits per heavy atom. The molecule has 20 heavy (non-hydrogen) atoms. The molecule has 0 aliphatic rings. The fourth-order valence-electron chi connectivity index (χ4n) is 1.73. The Bertz CT molecular complexity index is 617. The molecule has 0 amide bonds. The molecule has 0 aliphatic carbocycles. The van der Waals surface area contributed by atoms with Gasteiger partial charge in [0.05, 0.1) is 5.02 Å². The van der Waals surface area contributed by atoms with Crippen molar-refractivity contribution in [3.05, 3.63) is 64.2 Å². The van der Waals surface area contributed by atoms with Crippen LogP contribution in [0.5, 0.6) is 5.75 Å². The van der Waals surface area contributed by atoms with E-state index >= 15 is 0 Å². The predicted molar refractivity (Wildman–Crippen MR) is 74.7 cm³/mol. The Morgan fingerprint density at radius 3 is 2.60 bits per heavy atom. The van der Waals surface area contributed by atoms with Gasteiger partial charge >= 0.3 is 0 Å². The van der Waals surface area contributed by atoms with Crippen LogP contribution in [0.4, 0.5) is 8.78 Å². The summed E-state index contributed by atoms with van der Waals surface area (Å²) < 4.78 is 31.9. The molecule has 5 heteroatoms. The van der Waals surface area contributed by atoms with E-state index in [2.05, 4.69) is 0 Å². The fourth-order valence-corrected chi connectivity index (χ4v) is 1.97. The van der Waals surface area contributed by atoms with Crippen LogP contribution < -0.4 is 10.5 Å². The first-order valence-corrected chi connectivity index (χ1v) is 6.47. The van der Waals surface area contributed by atoms with Gasteiger partial charge in [-0.3, -0.25) is 0 Å². The van der Waals surface area contributed by atoms with Crippen LogP contribution in [0.3, 0.4) is 0 Å². The van der Waals surface area contributed by atoms with Crippen LogP contribution in [0.25, 0.3) is 0 Å². The molecule has 0 spiro atoms. The minimum Gasteiger partial charge on any atom is -0.487 e. The van der Waals surface area contributed by atoms with Gasteiger partial charge in [0.1, 0.15) is 24.0 Å². The van der Waals surface area contributed by atoms with Crippen LogP contribution >= 0.6 is 11.6 Å². The van der Waals surface area contributed by atoms with Gasteiger partial charge in [-0.1, -0.05) is 17.7 Å². The lowest BCUT2D eigenvalue weighted by molar-refractivity contribution is 0.299. The third-order valence-electron chi connectivity index (χ3n) is 2.87. The van der Waals surface area contributed by atoms with Crippen LogP contribution in [-0.2, 0) is 6.61 Å². The highest BCUT2D eigenvalue weighted by atomic mass is 35.5. The Labute approximate surface area is 121 Å². The zero-order valence-electron chi connectivity index (χ0n) is 10.9. The van der Waals surface area contributed by atoms with Crippen LogP contribution in [0.2, 0.25) is 5.02 Å². The normalized spacial score (nSPS) is 12.2. The molecule has 0 radical (unpaired) electrons. The van der Waals surface area contributed by atoms with Gasteiger partial charge in [0, 0.05) is 11.6 Å². The van der Waals surface area contributed by atoms with E-state index in [1.807, 2.05) is 6.92 Å².